The maximum atomic E-state index is 12.8. The molecule has 0 bridgehead atoms. The van der Waals surface area contributed by atoms with Crippen LogP contribution in [0.5, 0.6) is 5.75 Å². The van der Waals surface area contributed by atoms with Crippen LogP contribution in [0.2, 0.25) is 0 Å². The van der Waals surface area contributed by atoms with Crippen molar-refractivity contribution in [1.29, 1.82) is 0 Å². The summed E-state index contributed by atoms with van der Waals surface area (Å²) in [5, 5.41) is 39.3. The number of ether oxygens (including phenoxy) is 1. The van der Waals surface area contributed by atoms with Gasteiger partial charge < -0.3 is 25.2 Å². The number of unbranched alkanes of at least 4 members (excludes halogenated alkanes) is 4. The van der Waals surface area contributed by atoms with Crippen molar-refractivity contribution >= 4 is 17.7 Å². The highest BCUT2D eigenvalue weighted by Gasteiger charge is 2.41. The molecule has 5 unspecified atom stereocenters. The third-order valence-electron chi connectivity index (χ3n) is 5.79. The molecule has 0 aromatic heterocycles. The lowest BCUT2D eigenvalue weighted by Crippen LogP contribution is -2.28. The molecule has 1 aliphatic carbocycles. The topological polar surface area (TPSA) is 107 Å². The average Bonchev–Trinajstić information content (AvgIpc) is 3.01. The molecule has 0 aliphatic heterocycles. The van der Waals surface area contributed by atoms with E-state index in [0.29, 0.717) is 6.42 Å². The summed E-state index contributed by atoms with van der Waals surface area (Å²) in [6, 6.07) is 4.47. The minimum absolute atomic E-state index is 0.0198. The first-order valence-corrected chi connectivity index (χ1v) is 12.3. The molecule has 188 valence electrons. The van der Waals surface area contributed by atoms with Gasteiger partial charge in [0.2, 0.25) is 0 Å². The molecule has 33 heavy (non-hydrogen) atoms. The number of aliphatic hydroxyl groups excluding tert-OH is 3. The van der Waals surface area contributed by atoms with E-state index in [2.05, 4.69) is 0 Å². The quantitative estimate of drug-likeness (QED) is 0.289. The highest BCUT2D eigenvalue weighted by Crippen LogP contribution is 2.39. The minimum Gasteiger partial charge on any atom is -0.491 e. The van der Waals surface area contributed by atoms with Crippen molar-refractivity contribution in [1.82, 2.24) is 0 Å². The van der Waals surface area contributed by atoms with Gasteiger partial charge in [-0.15, -0.1) is 0 Å². The number of carboxylic acids is 1. The summed E-state index contributed by atoms with van der Waals surface area (Å²) >= 11 is 1.34. The van der Waals surface area contributed by atoms with Gasteiger partial charge in [0.1, 0.15) is 12.4 Å². The zero-order valence-corrected chi connectivity index (χ0v) is 19.2. The Labute approximate surface area is 196 Å². The molecular weight excluding hydrogens is 461 g/mol. The lowest BCUT2D eigenvalue weighted by molar-refractivity contribution is -0.138. The maximum absolute atomic E-state index is 12.8. The molecule has 1 fully saturated rings. The van der Waals surface area contributed by atoms with Gasteiger partial charge in [-0.25, -0.2) is 0 Å². The Kier molecular flexibility index (Phi) is 11.3. The van der Waals surface area contributed by atoms with Gasteiger partial charge in [-0.05, 0) is 37.0 Å². The summed E-state index contributed by atoms with van der Waals surface area (Å²) in [6.45, 7) is -0.180. The molecule has 0 saturated heterocycles. The largest absolute Gasteiger partial charge is 0.491 e. The normalized spacial score (nSPS) is 24.1. The van der Waals surface area contributed by atoms with Crippen LogP contribution in [-0.2, 0) is 11.0 Å². The van der Waals surface area contributed by atoms with Gasteiger partial charge in [0.05, 0.1) is 23.9 Å². The molecule has 0 heterocycles. The predicted molar refractivity (Wildman–Crippen MR) is 119 cm³/mol. The molecule has 5 atom stereocenters. The van der Waals surface area contributed by atoms with E-state index in [1.165, 1.54) is 23.9 Å². The minimum atomic E-state index is -4.47. The van der Waals surface area contributed by atoms with Crippen molar-refractivity contribution in [2.45, 2.75) is 81.1 Å². The zero-order chi connectivity index (χ0) is 24.4. The fourth-order valence-corrected chi connectivity index (χ4v) is 5.50. The van der Waals surface area contributed by atoms with Crippen molar-refractivity contribution in [3.05, 3.63) is 29.8 Å². The van der Waals surface area contributed by atoms with Gasteiger partial charge in [-0.3, -0.25) is 4.79 Å². The van der Waals surface area contributed by atoms with Crippen LogP contribution in [-0.4, -0.2) is 62.3 Å². The van der Waals surface area contributed by atoms with Gasteiger partial charge in [-0.1, -0.05) is 31.7 Å². The predicted octanol–water partition coefficient (Wildman–Crippen LogP) is 4.10. The van der Waals surface area contributed by atoms with E-state index in [4.69, 9.17) is 9.84 Å². The second kappa shape index (κ2) is 13.4. The van der Waals surface area contributed by atoms with Gasteiger partial charge >= 0.3 is 12.1 Å². The molecular formula is C23H33F3O6S. The van der Waals surface area contributed by atoms with Crippen LogP contribution < -0.4 is 4.74 Å². The summed E-state index contributed by atoms with van der Waals surface area (Å²) in [4.78, 5) is 10.5. The van der Waals surface area contributed by atoms with E-state index >= 15 is 0 Å². The number of benzene rings is 1. The highest BCUT2D eigenvalue weighted by atomic mass is 32.2. The summed E-state index contributed by atoms with van der Waals surface area (Å²) < 4.78 is 43.7. The van der Waals surface area contributed by atoms with Gasteiger partial charge in [0.15, 0.2) is 0 Å². The van der Waals surface area contributed by atoms with Crippen LogP contribution >= 0.6 is 11.8 Å². The fourth-order valence-electron chi connectivity index (χ4n) is 4.06. The Morgan fingerprint density at radius 1 is 1.12 bits per heavy atom. The Bertz CT molecular complexity index is 732. The molecule has 1 aliphatic rings. The van der Waals surface area contributed by atoms with Gasteiger partial charge in [0, 0.05) is 23.8 Å². The maximum Gasteiger partial charge on any atom is 0.416 e. The molecule has 2 rings (SSSR count). The first kappa shape index (κ1) is 27.8. The molecule has 6 nitrogen and oxygen atoms in total. The first-order valence-electron chi connectivity index (χ1n) is 11.3. The Morgan fingerprint density at radius 3 is 2.52 bits per heavy atom. The Morgan fingerprint density at radius 2 is 1.82 bits per heavy atom. The Balaban J connectivity index is 1.73. The molecule has 0 amide bonds. The van der Waals surface area contributed by atoms with Crippen molar-refractivity contribution in [2.24, 2.45) is 5.92 Å². The molecule has 1 aromatic rings. The Hall–Kier alpha value is -1.49. The van der Waals surface area contributed by atoms with E-state index in [-0.39, 0.29) is 42.1 Å². The highest BCUT2D eigenvalue weighted by molar-refractivity contribution is 8.00. The van der Waals surface area contributed by atoms with E-state index in [1.54, 1.807) is 0 Å². The second-order valence-electron chi connectivity index (χ2n) is 8.52. The van der Waals surface area contributed by atoms with E-state index in [9.17, 15) is 33.3 Å². The number of aliphatic hydroxyl groups is 3. The van der Waals surface area contributed by atoms with Crippen LogP contribution in [0, 0.1) is 5.92 Å². The number of hydrogen-bond donors (Lipinski definition) is 4. The third-order valence-corrected chi connectivity index (χ3v) is 7.42. The molecule has 1 aromatic carbocycles. The van der Waals surface area contributed by atoms with Crippen molar-refractivity contribution in [3.8, 4) is 5.75 Å². The number of alkyl halides is 3. The van der Waals surface area contributed by atoms with Crippen molar-refractivity contribution in [3.63, 3.8) is 0 Å². The zero-order valence-electron chi connectivity index (χ0n) is 18.4. The number of hydrogen-bond acceptors (Lipinski definition) is 6. The smallest absolute Gasteiger partial charge is 0.416 e. The summed E-state index contributed by atoms with van der Waals surface area (Å²) in [5.74, 6) is -0.661. The van der Waals surface area contributed by atoms with Crippen LogP contribution in [0.4, 0.5) is 13.2 Å². The number of aliphatic carboxylic acids is 1. The van der Waals surface area contributed by atoms with E-state index in [1.807, 2.05) is 0 Å². The number of carbonyl (C=O) groups is 1. The van der Waals surface area contributed by atoms with Crippen molar-refractivity contribution in [2.75, 3.05) is 12.4 Å². The molecule has 1 saturated carbocycles. The lowest BCUT2D eigenvalue weighted by atomic mass is 9.97. The summed E-state index contributed by atoms with van der Waals surface area (Å²) in [5.41, 5.74) is -0.823. The molecule has 0 radical (unpaired) electrons. The summed E-state index contributed by atoms with van der Waals surface area (Å²) in [7, 11) is 0. The second-order valence-corrected chi connectivity index (χ2v) is 9.73. The van der Waals surface area contributed by atoms with Crippen molar-refractivity contribution < 1.29 is 43.1 Å². The third kappa shape index (κ3) is 9.72. The van der Waals surface area contributed by atoms with Gasteiger partial charge in [-0.2, -0.15) is 24.9 Å². The molecule has 0 spiro atoms. The standard InChI is InChI=1S/C23H33F3O6S/c24-23(25,26)15-7-6-8-17(11-15)32-13-16(27)14-33-22-18(19(28)12-20(22)29)9-4-2-1-3-5-10-21(30)31/h6-8,11,16,18-20,22,27-29H,1-5,9-10,12-14H2,(H,30,31). The van der Waals surface area contributed by atoms with E-state index < -0.39 is 36.0 Å². The van der Waals surface area contributed by atoms with Crippen LogP contribution in [0.15, 0.2) is 24.3 Å². The molecule has 10 heteroatoms. The van der Waals surface area contributed by atoms with Gasteiger partial charge in [0.25, 0.3) is 0 Å². The van der Waals surface area contributed by atoms with Crippen LogP contribution in [0.1, 0.15) is 56.9 Å². The van der Waals surface area contributed by atoms with E-state index in [0.717, 1.165) is 44.2 Å². The monoisotopic (exact) mass is 494 g/mol. The lowest BCUT2D eigenvalue weighted by Gasteiger charge is -2.24. The van der Waals surface area contributed by atoms with Crippen LogP contribution in [0.25, 0.3) is 0 Å². The number of thioether (sulfide) groups is 1. The number of halogens is 3. The number of rotatable bonds is 14. The fraction of sp³-hybridized carbons (Fsp3) is 0.696. The van der Waals surface area contributed by atoms with Crippen LogP contribution in [0.3, 0.4) is 0 Å². The summed E-state index contributed by atoms with van der Waals surface area (Å²) in [6.07, 6.45) is -1.35. The SMILES string of the molecule is O=C(O)CCCCCCCC1C(O)CC(O)C1SCC(O)COc1cccc(C(F)(F)F)c1. The molecule has 4 N–H and O–H groups in total. The number of carboxylic acid groups (broad SMARTS) is 1. The average molecular weight is 495 g/mol. The first-order chi connectivity index (χ1) is 15.6.